The molecule has 160 valence electrons. The molecule has 1 fully saturated rings. The number of hydrogen-bond donors (Lipinski definition) is 1. The second-order valence-corrected chi connectivity index (χ2v) is 8.58. The summed E-state index contributed by atoms with van der Waals surface area (Å²) >= 11 is 18.3. The van der Waals surface area contributed by atoms with E-state index in [0.717, 1.165) is 17.1 Å². The van der Waals surface area contributed by atoms with Crippen LogP contribution >= 0.6 is 35.4 Å². The molecule has 3 heterocycles. The van der Waals surface area contributed by atoms with Gasteiger partial charge in [-0.1, -0.05) is 41.4 Å². The van der Waals surface area contributed by atoms with Crippen LogP contribution in [0.4, 0.5) is 10.1 Å². The van der Waals surface area contributed by atoms with E-state index in [1.165, 1.54) is 6.07 Å². The molecule has 4 aromatic rings. The van der Waals surface area contributed by atoms with Crippen molar-refractivity contribution in [3.63, 3.8) is 0 Å². The van der Waals surface area contributed by atoms with Gasteiger partial charge in [-0.05, 0) is 66.8 Å². The van der Waals surface area contributed by atoms with Gasteiger partial charge in [0.05, 0.1) is 28.1 Å². The van der Waals surface area contributed by atoms with Crippen LogP contribution in [0.5, 0.6) is 0 Å². The monoisotopic (exact) mass is 482 g/mol. The van der Waals surface area contributed by atoms with Gasteiger partial charge in [0.1, 0.15) is 11.9 Å². The van der Waals surface area contributed by atoms with Gasteiger partial charge in [0.2, 0.25) is 0 Å². The molecule has 0 unspecified atom stereocenters. The molecule has 2 atom stereocenters. The molecule has 2 aromatic heterocycles. The Bertz CT molecular complexity index is 1290. The molecule has 2 aromatic carbocycles. The average molecular weight is 483 g/mol. The zero-order chi connectivity index (χ0) is 22.2. The Labute approximate surface area is 200 Å². The number of thiocarbonyl (C=S) groups is 1. The van der Waals surface area contributed by atoms with Crippen molar-refractivity contribution in [1.82, 2.24) is 14.9 Å². The van der Waals surface area contributed by atoms with Crippen LogP contribution in [0.25, 0.3) is 5.69 Å². The highest BCUT2D eigenvalue weighted by molar-refractivity contribution is 7.80. The van der Waals surface area contributed by atoms with E-state index in [4.69, 9.17) is 35.4 Å². The fourth-order valence-electron chi connectivity index (χ4n) is 4.09. The largest absolute Gasteiger partial charge is 0.351 e. The van der Waals surface area contributed by atoms with Gasteiger partial charge in [0.25, 0.3) is 0 Å². The molecule has 1 N–H and O–H groups in total. The zero-order valence-corrected chi connectivity index (χ0v) is 18.9. The minimum Gasteiger partial charge on any atom is -0.351 e. The molecular weight excluding hydrogens is 466 g/mol. The van der Waals surface area contributed by atoms with E-state index < -0.39 is 0 Å². The van der Waals surface area contributed by atoms with E-state index in [9.17, 15) is 4.39 Å². The summed E-state index contributed by atoms with van der Waals surface area (Å²) in [5, 5.41) is 4.83. The maximum atomic E-state index is 14.9. The number of anilines is 1. The van der Waals surface area contributed by atoms with Crippen LogP contribution in [0.2, 0.25) is 10.0 Å². The highest BCUT2D eigenvalue weighted by Crippen LogP contribution is 2.43. The second-order valence-electron chi connectivity index (χ2n) is 7.35. The number of aromatic nitrogens is 2. The molecule has 0 radical (unpaired) electrons. The lowest BCUT2D eigenvalue weighted by Crippen LogP contribution is -2.31. The molecule has 8 heteroatoms. The summed E-state index contributed by atoms with van der Waals surface area (Å²) in [4.78, 5) is 6.35. The molecule has 1 aliphatic rings. The van der Waals surface area contributed by atoms with Crippen molar-refractivity contribution in [2.45, 2.75) is 12.1 Å². The number of rotatable bonds is 4. The van der Waals surface area contributed by atoms with Crippen LogP contribution in [0.1, 0.15) is 23.5 Å². The van der Waals surface area contributed by atoms with Gasteiger partial charge in [-0.2, -0.15) is 0 Å². The Morgan fingerprint density at radius 1 is 0.938 bits per heavy atom. The number of pyridine rings is 1. The smallest absolute Gasteiger partial charge is 0.174 e. The molecular formula is C24H17Cl2FN4S. The minimum absolute atomic E-state index is 0.303. The molecule has 0 bridgehead atoms. The minimum atomic E-state index is -0.379. The average Bonchev–Trinajstić information content (AvgIpc) is 3.39. The number of nitrogens with one attached hydrogen (secondary N) is 1. The van der Waals surface area contributed by atoms with E-state index in [2.05, 4.69) is 10.3 Å². The molecule has 0 amide bonds. The highest BCUT2D eigenvalue weighted by Gasteiger charge is 2.43. The lowest BCUT2D eigenvalue weighted by molar-refractivity contribution is 0.542. The highest BCUT2D eigenvalue weighted by atomic mass is 35.5. The first-order valence-electron chi connectivity index (χ1n) is 9.92. The van der Waals surface area contributed by atoms with E-state index >= 15 is 0 Å². The van der Waals surface area contributed by atoms with Gasteiger partial charge in [0, 0.05) is 23.1 Å². The van der Waals surface area contributed by atoms with E-state index in [0.29, 0.717) is 20.8 Å². The molecule has 0 saturated carbocycles. The van der Waals surface area contributed by atoms with Crippen molar-refractivity contribution in [3.05, 3.63) is 112 Å². The van der Waals surface area contributed by atoms with E-state index in [1.54, 1.807) is 41.4 Å². The molecule has 5 rings (SSSR count). The third-order valence-corrected chi connectivity index (χ3v) is 6.32. The SMILES string of the molecule is Fc1ccccc1N1C(=S)N[C@H](c2ccccn2)[C@@H]1c1cccn1-c1ccc(Cl)cc1Cl. The second kappa shape index (κ2) is 8.54. The van der Waals surface area contributed by atoms with Crippen LogP contribution in [0, 0.1) is 5.82 Å². The van der Waals surface area contributed by atoms with Crippen molar-refractivity contribution >= 4 is 46.2 Å². The first-order valence-corrected chi connectivity index (χ1v) is 11.1. The summed E-state index contributed by atoms with van der Waals surface area (Å²) in [5.41, 5.74) is 2.83. The number of nitrogens with zero attached hydrogens (tertiary/aromatic N) is 3. The molecule has 32 heavy (non-hydrogen) atoms. The zero-order valence-electron chi connectivity index (χ0n) is 16.6. The summed E-state index contributed by atoms with van der Waals surface area (Å²) in [6.07, 6.45) is 3.65. The van der Waals surface area contributed by atoms with Crippen LogP contribution in [-0.2, 0) is 0 Å². The van der Waals surface area contributed by atoms with Crippen LogP contribution in [-0.4, -0.2) is 14.7 Å². The fraction of sp³-hybridized carbons (Fsp3) is 0.0833. The first-order chi connectivity index (χ1) is 15.5. The van der Waals surface area contributed by atoms with Crippen LogP contribution < -0.4 is 10.2 Å². The lowest BCUT2D eigenvalue weighted by Gasteiger charge is -2.29. The standard InChI is InChI=1S/C24H17Cl2FN4S/c25-15-10-11-19(16(26)14-15)30-13-5-9-21(30)23-22(18-7-3-4-12-28-18)29-24(32)31(23)20-8-2-1-6-17(20)27/h1-14,22-23H,(H,29,32)/t22-,23+/m1/s1. The van der Waals surface area contributed by atoms with Gasteiger partial charge in [-0.25, -0.2) is 4.39 Å². The van der Waals surface area contributed by atoms with Gasteiger partial charge < -0.3 is 14.8 Å². The third-order valence-electron chi connectivity index (χ3n) is 5.46. The van der Waals surface area contributed by atoms with Gasteiger partial charge in [-0.15, -0.1) is 0 Å². The number of para-hydroxylation sites is 1. The molecule has 1 aliphatic heterocycles. The molecule has 0 aliphatic carbocycles. The summed E-state index contributed by atoms with van der Waals surface area (Å²) in [6.45, 7) is 0. The summed E-state index contributed by atoms with van der Waals surface area (Å²) < 4.78 is 16.9. The van der Waals surface area contributed by atoms with Crippen molar-refractivity contribution in [2.24, 2.45) is 0 Å². The predicted molar refractivity (Wildman–Crippen MR) is 130 cm³/mol. The number of benzene rings is 2. The summed E-state index contributed by atoms with van der Waals surface area (Å²) in [5.74, 6) is -0.356. The topological polar surface area (TPSA) is 33.1 Å². The van der Waals surface area contributed by atoms with Crippen LogP contribution in [0.15, 0.2) is 85.2 Å². The van der Waals surface area contributed by atoms with Crippen molar-refractivity contribution in [3.8, 4) is 5.69 Å². The van der Waals surface area contributed by atoms with Crippen molar-refractivity contribution in [2.75, 3.05) is 4.90 Å². The maximum Gasteiger partial charge on any atom is 0.174 e. The van der Waals surface area contributed by atoms with Crippen LogP contribution in [0.3, 0.4) is 0 Å². The Balaban J connectivity index is 1.70. The Morgan fingerprint density at radius 3 is 2.50 bits per heavy atom. The first kappa shape index (κ1) is 20.9. The normalized spacial score (nSPS) is 18.1. The lowest BCUT2D eigenvalue weighted by atomic mass is 10.0. The van der Waals surface area contributed by atoms with E-state index in [-0.39, 0.29) is 17.9 Å². The predicted octanol–water partition coefficient (Wildman–Crippen LogP) is 6.50. The fourth-order valence-corrected chi connectivity index (χ4v) is 4.93. The maximum absolute atomic E-state index is 14.9. The Morgan fingerprint density at radius 2 is 1.75 bits per heavy atom. The summed E-state index contributed by atoms with van der Waals surface area (Å²) in [7, 11) is 0. The molecule has 4 nitrogen and oxygen atoms in total. The van der Waals surface area contributed by atoms with Crippen molar-refractivity contribution < 1.29 is 4.39 Å². The Hall–Kier alpha value is -2.93. The number of halogens is 3. The van der Waals surface area contributed by atoms with Gasteiger partial charge in [0.15, 0.2) is 5.11 Å². The van der Waals surface area contributed by atoms with Gasteiger partial charge >= 0.3 is 0 Å². The van der Waals surface area contributed by atoms with Crippen molar-refractivity contribution in [1.29, 1.82) is 0 Å². The molecule has 0 spiro atoms. The quantitative estimate of drug-likeness (QED) is 0.336. The third kappa shape index (κ3) is 3.64. The Kier molecular flexibility index (Phi) is 5.59. The van der Waals surface area contributed by atoms with E-state index in [1.807, 2.05) is 47.2 Å². The summed E-state index contributed by atoms with van der Waals surface area (Å²) in [6, 6.07) is 20.9. The van der Waals surface area contributed by atoms with Gasteiger partial charge in [-0.3, -0.25) is 4.98 Å². The number of hydrogen-bond acceptors (Lipinski definition) is 2. The molecule has 1 saturated heterocycles.